The molecule has 7 heteroatoms. The molecule has 7 nitrogen and oxygen atoms in total. The van der Waals surface area contributed by atoms with Crippen LogP contribution in [0.5, 0.6) is 17.2 Å². The molecule has 0 fully saturated rings. The summed E-state index contributed by atoms with van der Waals surface area (Å²) in [5.74, 6) is 1.94. The van der Waals surface area contributed by atoms with Crippen molar-refractivity contribution in [2.75, 3.05) is 33.6 Å². The second kappa shape index (κ2) is 10.1. The third-order valence-corrected chi connectivity index (χ3v) is 4.49. The van der Waals surface area contributed by atoms with Crippen LogP contribution < -0.4 is 19.9 Å². The number of hydrogen-bond donors (Lipinski definition) is 1. The van der Waals surface area contributed by atoms with Crippen molar-refractivity contribution in [3.63, 3.8) is 0 Å². The van der Waals surface area contributed by atoms with Gasteiger partial charge >= 0.3 is 6.09 Å². The lowest BCUT2D eigenvalue weighted by molar-refractivity contribution is 0.0234. The van der Waals surface area contributed by atoms with Crippen LogP contribution in [0.3, 0.4) is 0 Å². The van der Waals surface area contributed by atoms with E-state index in [4.69, 9.17) is 24.7 Å². The molecule has 0 aliphatic heterocycles. The van der Waals surface area contributed by atoms with Crippen LogP contribution in [-0.2, 0) is 17.7 Å². The maximum Gasteiger partial charge on any atom is 0.410 e. The number of nitrogen functional groups attached to an aromatic ring is 1. The summed E-state index contributed by atoms with van der Waals surface area (Å²) in [7, 11) is 4.77. The van der Waals surface area contributed by atoms with Crippen molar-refractivity contribution in [1.29, 1.82) is 0 Å². The molecule has 0 radical (unpaired) electrons. The van der Waals surface area contributed by atoms with Gasteiger partial charge in [0.15, 0.2) is 0 Å². The van der Waals surface area contributed by atoms with Crippen molar-refractivity contribution < 1.29 is 23.7 Å². The van der Waals surface area contributed by atoms with Gasteiger partial charge in [-0.1, -0.05) is 18.2 Å². The van der Waals surface area contributed by atoms with Crippen LogP contribution in [0.2, 0.25) is 0 Å². The Morgan fingerprint density at radius 1 is 0.933 bits per heavy atom. The summed E-state index contributed by atoms with van der Waals surface area (Å²) in [5, 5.41) is 0. The Hall–Kier alpha value is -3.09. The van der Waals surface area contributed by atoms with Gasteiger partial charge in [0, 0.05) is 18.2 Å². The SMILES string of the molecule is COc1cc(CCN(Cc2ccccc2OC)C(=O)OC(C)(C)C)c(OC)cc1N. The lowest BCUT2D eigenvalue weighted by Crippen LogP contribution is -2.37. The van der Waals surface area contributed by atoms with Crippen molar-refractivity contribution in [3.05, 3.63) is 47.5 Å². The van der Waals surface area contributed by atoms with E-state index >= 15 is 0 Å². The number of hydrogen-bond acceptors (Lipinski definition) is 6. The van der Waals surface area contributed by atoms with Gasteiger partial charge in [-0.05, 0) is 44.9 Å². The first kappa shape index (κ1) is 23.2. The summed E-state index contributed by atoms with van der Waals surface area (Å²) in [6.07, 6.45) is 0.142. The number of nitrogens with two attached hydrogens (primary N) is 1. The number of carbonyl (C=O) groups is 1. The molecule has 1 amide bonds. The number of para-hydroxylation sites is 1. The largest absolute Gasteiger partial charge is 0.496 e. The molecule has 2 aromatic rings. The Labute approximate surface area is 178 Å². The van der Waals surface area contributed by atoms with E-state index in [1.54, 1.807) is 32.3 Å². The number of ether oxygens (including phenoxy) is 4. The topological polar surface area (TPSA) is 83.2 Å². The zero-order valence-electron chi connectivity index (χ0n) is 18.7. The molecule has 0 bridgehead atoms. The number of benzene rings is 2. The van der Waals surface area contributed by atoms with Gasteiger partial charge in [0.25, 0.3) is 0 Å². The molecule has 0 spiro atoms. The molecule has 0 aliphatic rings. The average Bonchev–Trinajstić information content (AvgIpc) is 2.70. The number of nitrogens with zero attached hydrogens (tertiary/aromatic N) is 1. The molecule has 164 valence electrons. The highest BCUT2D eigenvalue weighted by Gasteiger charge is 2.23. The maximum absolute atomic E-state index is 12.9. The molecule has 0 atom stereocenters. The molecule has 0 heterocycles. The molecule has 0 aliphatic carbocycles. The minimum atomic E-state index is -0.599. The molecule has 0 saturated heterocycles. The Balaban J connectivity index is 2.28. The summed E-state index contributed by atoms with van der Waals surface area (Å²) in [5.41, 5.74) is 7.66. The van der Waals surface area contributed by atoms with Gasteiger partial charge in [-0.2, -0.15) is 0 Å². The predicted molar refractivity (Wildman–Crippen MR) is 117 cm³/mol. The maximum atomic E-state index is 12.9. The molecular weight excluding hydrogens is 384 g/mol. The van der Waals surface area contributed by atoms with Crippen LogP contribution in [0.4, 0.5) is 10.5 Å². The second-order valence-corrected chi connectivity index (χ2v) is 7.87. The van der Waals surface area contributed by atoms with Gasteiger partial charge in [-0.15, -0.1) is 0 Å². The molecule has 0 unspecified atom stereocenters. The Kier molecular flexibility index (Phi) is 7.80. The summed E-state index contributed by atoms with van der Waals surface area (Å²) in [6.45, 7) is 6.31. The smallest absolute Gasteiger partial charge is 0.410 e. The van der Waals surface area contributed by atoms with E-state index in [-0.39, 0.29) is 0 Å². The van der Waals surface area contributed by atoms with Crippen molar-refractivity contribution >= 4 is 11.8 Å². The minimum absolute atomic E-state index is 0.355. The molecular formula is C23H32N2O5. The third kappa shape index (κ3) is 6.20. The van der Waals surface area contributed by atoms with Crippen LogP contribution in [0.15, 0.2) is 36.4 Å². The molecule has 0 saturated carbocycles. The number of anilines is 1. The van der Waals surface area contributed by atoms with Gasteiger partial charge in [-0.3, -0.25) is 0 Å². The number of carbonyl (C=O) groups excluding carboxylic acids is 1. The zero-order valence-corrected chi connectivity index (χ0v) is 18.7. The van der Waals surface area contributed by atoms with Gasteiger partial charge in [0.2, 0.25) is 0 Å². The van der Waals surface area contributed by atoms with Crippen molar-refractivity contribution in [2.45, 2.75) is 39.3 Å². The van der Waals surface area contributed by atoms with Crippen LogP contribution in [0.1, 0.15) is 31.9 Å². The molecule has 30 heavy (non-hydrogen) atoms. The summed E-state index contributed by atoms with van der Waals surface area (Å²) in [6, 6.07) is 11.2. The Morgan fingerprint density at radius 3 is 2.17 bits per heavy atom. The molecule has 0 aromatic heterocycles. The van der Waals surface area contributed by atoms with E-state index in [9.17, 15) is 4.79 Å². The lowest BCUT2D eigenvalue weighted by atomic mass is 10.1. The summed E-state index contributed by atoms with van der Waals surface area (Å²) in [4.78, 5) is 14.6. The fourth-order valence-corrected chi connectivity index (χ4v) is 3.04. The first-order valence-electron chi connectivity index (χ1n) is 9.78. The van der Waals surface area contributed by atoms with Gasteiger partial charge < -0.3 is 29.6 Å². The lowest BCUT2D eigenvalue weighted by Gasteiger charge is -2.28. The van der Waals surface area contributed by atoms with E-state index < -0.39 is 11.7 Å². The van der Waals surface area contributed by atoms with Crippen molar-refractivity contribution in [2.24, 2.45) is 0 Å². The van der Waals surface area contributed by atoms with E-state index in [1.165, 1.54) is 0 Å². The minimum Gasteiger partial charge on any atom is -0.496 e. The van der Waals surface area contributed by atoms with Crippen molar-refractivity contribution in [1.82, 2.24) is 4.90 Å². The fourth-order valence-electron chi connectivity index (χ4n) is 3.04. The highest BCUT2D eigenvalue weighted by molar-refractivity contribution is 5.68. The average molecular weight is 417 g/mol. The number of methoxy groups -OCH3 is 3. The van der Waals surface area contributed by atoms with Crippen LogP contribution in [0.25, 0.3) is 0 Å². The second-order valence-electron chi connectivity index (χ2n) is 7.87. The normalized spacial score (nSPS) is 11.0. The van der Waals surface area contributed by atoms with Gasteiger partial charge in [0.1, 0.15) is 22.8 Å². The first-order chi connectivity index (χ1) is 14.2. The summed E-state index contributed by atoms with van der Waals surface area (Å²) < 4.78 is 21.9. The Bertz CT molecular complexity index is 861. The van der Waals surface area contributed by atoms with E-state index in [0.29, 0.717) is 36.7 Å². The summed E-state index contributed by atoms with van der Waals surface area (Å²) >= 11 is 0. The van der Waals surface area contributed by atoms with Crippen molar-refractivity contribution in [3.8, 4) is 17.2 Å². The number of amides is 1. The van der Waals surface area contributed by atoms with Gasteiger partial charge in [0.05, 0.1) is 33.6 Å². The molecule has 2 N–H and O–H groups in total. The first-order valence-corrected chi connectivity index (χ1v) is 9.78. The van der Waals surface area contributed by atoms with Crippen LogP contribution >= 0.6 is 0 Å². The van der Waals surface area contributed by atoms with Crippen LogP contribution in [0, 0.1) is 0 Å². The van der Waals surface area contributed by atoms with Gasteiger partial charge in [-0.25, -0.2) is 4.79 Å². The Morgan fingerprint density at radius 2 is 1.57 bits per heavy atom. The number of rotatable bonds is 8. The van der Waals surface area contributed by atoms with E-state index in [2.05, 4.69) is 0 Å². The highest BCUT2D eigenvalue weighted by Crippen LogP contribution is 2.31. The molecule has 2 rings (SSSR count). The zero-order chi connectivity index (χ0) is 22.3. The van der Waals surface area contributed by atoms with Crippen LogP contribution in [-0.4, -0.2) is 44.5 Å². The predicted octanol–water partition coefficient (Wildman–Crippen LogP) is 4.27. The van der Waals surface area contributed by atoms with E-state index in [0.717, 1.165) is 16.9 Å². The fraction of sp³-hybridized carbons (Fsp3) is 0.435. The standard InChI is InChI=1S/C23H32N2O5/c1-23(2,3)30-22(26)25(15-17-9-7-8-10-19(17)27-4)12-11-16-13-21(29-6)18(24)14-20(16)28-5/h7-10,13-14H,11-12,15,24H2,1-6H3. The molecule has 2 aromatic carbocycles. The monoisotopic (exact) mass is 416 g/mol. The third-order valence-electron chi connectivity index (χ3n) is 4.49. The quantitative estimate of drug-likeness (QED) is 0.647. The highest BCUT2D eigenvalue weighted by atomic mass is 16.6. The van der Waals surface area contributed by atoms with E-state index in [1.807, 2.05) is 51.1 Å².